The smallest absolute Gasteiger partial charge is 0.163 e. The van der Waals surface area contributed by atoms with E-state index >= 15 is 0 Å². The highest BCUT2D eigenvalue weighted by molar-refractivity contribution is 9.10. The molecule has 0 amide bonds. The number of benzene rings is 2. The fraction of sp³-hybridized carbons (Fsp3) is 0.391. The second-order valence-corrected chi connectivity index (χ2v) is 8.58. The van der Waals surface area contributed by atoms with Gasteiger partial charge in [-0.1, -0.05) is 65.0 Å². The molecule has 2 atom stereocenters. The van der Waals surface area contributed by atoms with Crippen molar-refractivity contribution < 1.29 is 9.59 Å². The summed E-state index contributed by atoms with van der Waals surface area (Å²) in [6.45, 7) is 0. The molecule has 1 saturated carbocycles. The summed E-state index contributed by atoms with van der Waals surface area (Å²) < 4.78 is 0.966. The van der Waals surface area contributed by atoms with Crippen molar-refractivity contribution >= 4 is 39.1 Å². The lowest BCUT2D eigenvalue weighted by atomic mass is 9.75. The van der Waals surface area contributed by atoms with E-state index in [0.29, 0.717) is 29.2 Å². The molecule has 1 fully saturated rings. The standard InChI is InChI=1S/C23H24BrClO2/c24-21-9-6-5-7-18(21)20(19-8-3-1-2-4-10-22(19)26)15-23(27)16-11-13-17(25)14-12-16/h5-7,9,11-14,19-20H,1-4,8,10,15H2. The highest BCUT2D eigenvalue weighted by Crippen LogP contribution is 2.39. The summed E-state index contributed by atoms with van der Waals surface area (Å²) in [6, 6.07) is 15.0. The van der Waals surface area contributed by atoms with Gasteiger partial charge in [0.1, 0.15) is 5.78 Å². The zero-order valence-electron chi connectivity index (χ0n) is 15.3. The van der Waals surface area contributed by atoms with E-state index in [9.17, 15) is 9.59 Å². The Morgan fingerprint density at radius 1 is 1.04 bits per heavy atom. The molecule has 0 saturated heterocycles. The third kappa shape index (κ3) is 5.30. The van der Waals surface area contributed by atoms with Gasteiger partial charge in [-0.25, -0.2) is 0 Å². The monoisotopic (exact) mass is 446 g/mol. The van der Waals surface area contributed by atoms with Crippen LogP contribution in [0.15, 0.2) is 53.0 Å². The molecular weight excluding hydrogens is 424 g/mol. The van der Waals surface area contributed by atoms with E-state index < -0.39 is 0 Å². The Hall–Kier alpha value is -1.45. The molecule has 0 aliphatic heterocycles. The van der Waals surface area contributed by atoms with Crippen LogP contribution >= 0.6 is 27.5 Å². The molecule has 27 heavy (non-hydrogen) atoms. The summed E-state index contributed by atoms with van der Waals surface area (Å²) in [5, 5.41) is 0.615. The SMILES string of the molecule is O=C(CC(c1ccccc1Br)C1CCCCCCC1=O)c1ccc(Cl)cc1. The second-order valence-electron chi connectivity index (χ2n) is 7.29. The van der Waals surface area contributed by atoms with Crippen LogP contribution in [0, 0.1) is 5.92 Å². The van der Waals surface area contributed by atoms with Crippen molar-refractivity contribution in [1.29, 1.82) is 0 Å². The summed E-state index contributed by atoms with van der Waals surface area (Å²) in [6.07, 6.45) is 6.12. The van der Waals surface area contributed by atoms with Gasteiger partial charge in [0, 0.05) is 39.7 Å². The molecule has 3 rings (SSSR count). The number of rotatable bonds is 5. The second kappa shape index (κ2) is 9.66. The zero-order valence-corrected chi connectivity index (χ0v) is 17.6. The van der Waals surface area contributed by atoms with E-state index in [1.807, 2.05) is 24.3 Å². The van der Waals surface area contributed by atoms with Crippen LogP contribution in [0.25, 0.3) is 0 Å². The van der Waals surface area contributed by atoms with Gasteiger partial charge in [0.2, 0.25) is 0 Å². The van der Waals surface area contributed by atoms with E-state index in [4.69, 9.17) is 11.6 Å². The molecule has 1 aliphatic carbocycles. The van der Waals surface area contributed by atoms with Gasteiger partial charge in [-0.05, 0) is 48.7 Å². The van der Waals surface area contributed by atoms with Crippen LogP contribution in [0.3, 0.4) is 0 Å². The molecule has 1 aliphatic rings. The minimum absolute atomic E-state index is 0.0577. The number of Topliss-reactive ketones (excluding diaryl/α,β-unsaturated/α-hetero) is 2. The number of carbonyl (C=O) groups is 2. The summed E-state index contributed by atoms with van der Waals surface area (Å²) in [4.78, 5) is 25.9. The molecule has 4 heteroatoms. The minimum atomic E-state index is -0.102. The number of hydrogen-bond donors (Lipinski definition) is 0. The van der Waals surface area contributed by atoms with Crippen LogP contribution < -0.4 is 0 Å². The number of hydrogen-bond acceptors (Lipinski definition) is 2. The summed E-state index contributed by atoms with van der Waals surface area (Å²) in [5.74, 6) is 0.163. The van der Waals surface area contributed by atoms with Gasteiger partial charge in [-0.3, -0.25) is 9.59 Å². The van der Waals surface area contributed by atoms with E-state index in [2.05, 4.69) is 15.9 Å². The number of ketones is 2. The minimum Gasteiger partial charge on any atom is -0.299 e. The molecular formula is C23H24BrClO2. The third-order valence-corrected chi connectivity index (χ3v) is 6.44. The van der Waals surface area contributed by atoms with Crippen LogP contribution in [0.2, 0.25) is 5.02 Å². The topological polar surface area (TPSA) is 34.1 Å². The first-order valence-corrected chi connectivity index (χ1v) is 10.8. The van der Waals surface area contributed by atoms with Crippen molar-refractivity contribution in [2.45, 2.75) is 50.9 Å². The molecule has 0 aromatic heterocycles. The Bertz CT molecular complexity index is 800. The van der Waals surface area contributed by atoms with Crippen LogP contribution in [-0.4, -0.2) is 11.6 Å². The van der Waals surface area contributed by atoms with Crippen LogP contribution in [0.4, 0.5) is 0 Å². The Kier molecular flexibility index (Phi) is 7.26. The lowest BCUT2D eigenvalue weighted by Gasteiger charge is -2.28. The Morgan fingerprint density at radius 3 is 2.48 bits per heavy atom. The van der Waals surface area contributed by atoms with E-state index in [1.165, 1.54) is 0 Å². The van der Waals surface area contributed by atoms with Crippen molar-refractivity contribution in [2.75, 3.05) is 0 Å². The summed E-state index contributed by atoms with van der Waals surface area (Å²) >= 11 is 9.59. The van der Waals surface area contributed by atoms with Gasteiger partial charge in [0.15, 0.2) is 5.78 Å². The number of carbonyl (C=O) groups excluding carboxylic acids is 2. The Morgan fingerprint density at radius 2 is 1.74 bits per heavy atom. The highest BCUT2D eigenvalue weighted by atomic mass is 79.9. The first kappa shape index (κ1) is 20.3. The average molecular weight is 448 g/mol. The molecule has 0 bridgehead atoms. The van der Waals surface area contributed by atoms with Gasteiger partial charge >= 0.3 is 0 Å². The Labute approximate surface area is 174 Å². The maximum Gasteiger partial charge on any atom is 0.163 e. The molecule has 2 nitrogen and oxygen atoms in total. The number of halogens is 2. The first-order valence-electron chi connectivity index (χ1n) is 9.62. The molecule has 2 unspecified atom stereocenters. The zero-order chi connectivity index (χ0) is 19.2. The molecule has 2 aromatic rings. The van der Waals surface area contributed by atoms with Crippen molar-refractivity contribution in [3.63, 3.8) is 0 Å². The largest absolute Gasteiger partial charge is 0.299 e. The lowest BCUT2D eigenvalue weighted by molar-refractivity contribution is -0.124. The van der Waals surface area contributed by atoms with Crippen molar-refractivity contribution in [3.8, 4) is 0 Å². The first-order chi connectivity index (χ1) is 13.1. The van der Waals surface area contributed by atoms with Crippen molar-refractivity contribution in [2.24, 2.45) is 5.92 Å². The summed E-state index contributed by atoms with van der Waals surface area (Å²) in [5.41, 5.74) is 1.70. The normalized spacial score (nSPS) is 19.2. The fourth-order valence-electron chi connectivity index (χ4n) is 3.99. The molecule has 0 spiro atoms. The highest BCUT2D eigenvalue weighted by Gasteiger charge is 2.32. The van der Waals surface area contributed by atoms with Crippen molar-refractivity contribution in [1.82, 2.24) is 0 Å². The maximum absolute atomic E-state index is 13.0. The van der Waals surface area contributed by atoms with E-state index in [-0.39, 0.29) is 17.6 Å². The molecule has 142 valence electrons. The third-order valence-electron chi connectivity index (χ3n) is 5.46. The average Bonchev–Trinajstić information content (AvgIpc) is 2.65. The lowest BCUT2D eigenvalue weighted by Crippen LogP contribution is -2.26. The molecule has 0 heterocycles. The predicted octanol–water partition coefficient (Wildman–Crippen LogP) is 7.00. The fourth-order valence-corrected chi connectivity index (χ4v) is 4.69. The van der Waals surface area contributed by atoms with Gasteiger partial charge in [0.05, 0.1) is 0 Å². The molecule has 0 radical (unpaired) electrons. The van der Waals surface area contributed by atoms with Crippen molar-refractivity contribution in [3.05, 3.63) is 69.2 Å². The summed E-state index contributed by atoms with van der Waals surface area (Å²) in [7, 11) is 0. The maximum atomic E-state index is 13.0. The molecule has 0 N–H and O–H groups in total. The van der Waals surface area contributed by atoms with E-state index in [1.54, 1.807) is 24.3 Å². The van der Waals surface area contributed by atoms with E-state index in [0.717, 1.165) is 42.1 Å². The van der Waals surface area contributed by atoms with Gasteiger partial charge in [-0.15, -0.1) is 0 Å². The van der Waals surface area contributed by atoms with Crippen LogP contribution in [0.5, 0.6) is 0 Å². The van der Waals surface area contributed by atoms with Gasteiger partial charge in [-0.2, -0.15) is 0 Å². The van der Waals surface area contributed by atoms with Gasteiger partial charge in [0.25, 0.3) is 0 Å². The Balaban J connectivity index is 1.91. The van der Waals surface area contributed by atoms with Crippen LogP contribution in [-0.2, 0) is 4.79 Å². The van der Waals surface area contributed by atoms with Crippen LogP contribution in [0.1, 0.15) is 66.8 Å². The van der Waals surface area contributed by atoms with Gasteiger partial charge < -0.3 is 0 Å². The molecule has 2 aromatic carbocycles. The quantitative estimate of drug-likeness (QED) is 0.462. The predicted molar refractivity (Wildman–Crippen MR) is 113 cm³/mol.